The molecular weight excluding hydrogens is 288 g/mol. The van der Waals surface area contributed by atoms with Gasteiger partial charge in [0.2, 0.25) is 11.8 Å². The number of benzene rings is 1. The molecule has 0 bridgehead atoms. The third-order valence-corrected chi connectivity index (χ3v) is 3.63. The van der Waals surface area contributed by atoms with E-state index in [1.165, 1.54) is 0 Å². The maximum atomic E-state index is 11.7. The zero-order valence-electron chi connectivity index (χ0n) is 12.6. The third-order valence-electron chi connectivity index (χ3n) is 3.38. The summed E-state index contributed by atoms with van der Waals surface area (Å²) in [5, 5.41) is 6.29. The van der Waals surface area contributed by atoms with Gasteiger partial charge in [-0.2, -0.15) is 0 Å². The van der Waals surface area contributed by atoms with Crippen molar-refractivity contribution in [1.29, 1.82) is 0 Å². The number of amides is 2. The van der Waals surface area contributed by atoms with Gasteiger partial charge >= 0.3 is 0 Å². The van der Waals surface area contributed by atoms with Crippen LogP contribution in [0.5, 0.6) is 0 Å². The van der Waals surface area contributed by atoms with Crippen LogP contribution in [0.25, 0.3) is 0 Å². The molecule has 5 heteroatoms. The van der Waals surface area contributed by atoms with Crippen molar-refractivity contribution in [3.8, 4) is 0 Å². The van der Waals surface area contributed by atoms with Crippen LogP contribution < -0.4 is 10.6 Å². The van der Waals surface area contributed by atoms with Crippen molar-refractivity contribution in [2.24, 2.45) is 5.92 Å². The average molecular weight is 311 g/mol. The second kappa shape index (κ2) is 9.40. The molecule has 116 valence electrons. The first-order valence-corrected chi connectivity index (χ1v) is 7.73. The molecule has 0 fully saturated rings. The summed E-state index contributed by atoms with van der Waals surface area (Å²) in [7, 11) is 0. The normalized spacial score (nSPS) is 10.5. The molecule has 0 aromatic heterocycles. The summed E-state index contributed by atoms with van der Waals surface area (Å²) in [6.45, 7) is 4.91. The monoisotopic (exact) mass is 310 g/mol. The van der Waals surface area contributed by atoms with E-state index in [0.717, 1.165) is 18.4 Å². The van der Waals surface area contributed by atoms with E-state index in [1.54, 1.807) is 12.1 Å². The van der Waals surface area contributed by atoms with Gasteiger partial charge in [-0.05, 0) is 30.5 Å². The topological polar surface area (TPSA) is 58.2 Å². The van der Waals surface area contributed by atoms with Crippen LogP contribution in [-0.4, -0.2) is 24.9 Å². The minimum absolute atomic E-state index is 0.0610. The molecule has 0 atom stereocenters. The lowest BCUT2D eigenvalue weighted by atomic mass is 10.0. The van der Waals surface area contributed by atoms with Crippen molar-refractivity contribution in [2.45, 2.75) is 33.1 Å². The van der Waals surface area contributed by atoms with E-state index >= 15 is 0 Å². The van der Waals surface area contributed by atoms with E-state index in [4.69, 9.17) is 11.6 Å². The van der Waals surface area contributed by atoms with Crippen LogP contribution in [0.3, 0.4) is 0 Å². The Hall–Kier alpha value is -1.55. The fourth-order valence-corrected chi connectivity index (χ4v) is 2.17. The molecule has 0 saturated carbocycles. The number of hydrogen-bond acceptors (Lipinski definition) is 2. The number of hydrogen-bond donors (Lipinski definition) is 2. The lowest BCUT2D eigenvalue weighted by Crippen LogP contribution is -2.37. The molecule has 21 heavy (non-hydrogen) atoms. The SMILES string of the molecule is CCC(CC)C(=O)NCCNC(=O)Cc1ccc(Cl)cc1. The Kier molecular flexibility index (Phi) is 7.83. The van der Waals surface area contributed by atoms with Gasteiger partial charge in [0.25, 0.3) is 0 Å². The molecule has 0 spiro atoms. The van der Waals surface area contributed by atoms with Gasteiger partial charge in [-0.25, -0.2) is 0 Å². The van der Waals surface area contributed by atoms with Gasteiger partial charge in [0.15, 0.2) is 0 Å². The second-order valence-corrected chi connectivity index (χ2v) is 5.39. The van der Waals surface area contributed by atoms with Gasteiger partial charge in [0.1, 0.15) is 0 Å². The lowest BCUT2D eigenvalue weighted by molar-refractivity contribution is -0.125. The van der Waals surface area contributed by atoms with Crippen molar-refractivity contribution in [2.75, 3.05) is 13.1 Å². The molecule has 0 heterocycles. The average Bonchev–Trinajstić information content (AvgIpc) is 2.47. The van der Waals surface area contributed by atoms with Gasteiger partial charge in [-0.15, -0.1) is 0 Å². The minimum atomic E-state index is -0.0610. The fourth-order valence-electron chi connectivity index (χ4n) is 2.04. The molecule has 0 aliphatic carbocycles. The summed E-state index contributed by atoms with van der Waals surface area (Å²) in [6.07, 6.45) is 1.99. The van der Waals surface area contributed by atoms with Gasteiger partial charge in [0, 0.05) is 24.0 Å². The molecule has 0 saturated heterocycles. The Bertz CT molecular complexity index is 456. The third kappa shape index (κ3) is 6.63. The second-order valence-electron chi connectivity index (χ2n) is 4.96. The standard InChI is InChI=1S/C16H23ClN2O2/c1-3-13(4-2)16(21)19-10-9-18-15(20)11-12-5-7-14(17)8-6-12/h5-8,13H,3-4,9-11H2,1-2H3,(H,18,20)(H,19,21). The predicted molar refractivity (Wildman–Crippen MR) is 85.2 cm³/mol. The van der Waals surface area contributed by atoms with Crippen LogP contribution >= 0.6 is 11.6 Å². The number of carbonyl (C=O) groups excluding carboxylic acids is 2. The molecule has 2 N–H and O–H groups in total. The Morgan fingerprint density at radius 2 is 1.62 bits per heavy atom. The molecule has 0 aliphatic heterocycles. The van der Waals surface area contributed by atoms with Crippen LogP contribution in [0.15, 0.2) is 24.3 Å². The fraction of sp³-hybridized carbons (Fsp3) is 0.500. The molecule has 0 aliphatic rings. The maximum absolute atomic E-state index is 11.7. The van der Waals surface area contributed by atoms with E-state index in [0.29, 0.717) is 24.5 Å². The first-order chi connectivity index (χ1) is 10.1. The van der Waals surface area contributed by atoms with Gasteiger partial charge in [-0.1, -0.05) is 37.6 Å². The minimum Gasteiger partial charge on any atom is -0.354 e. The molecule has 1 rings (SSSR count). The summed E-state index contributed by atoms with van der Waals surface area (Å²) < 4.78 is 0. The van der Waals surface area contributed by atoms with Gasteiger partial charge < -0.3 is 10.6 Å². The zero-order chi connectivity index (χ0) is 15.7. The van der Waals surface area contributed by atoms with E-state index in [1.807, 2.05) is 26.0 Å². The molecule has 0 unspecified atom stereocenters. The van der Waals surface area contributed by atoms with Crippen molar-refractivity contribution in [1.82, 2.24) is 10.6 Å². The first kappa shape index (κ1) is 17.5. The van der Waals surface area contributed by atoms with E-state index in [-0.39, 0.29) is 17.7 Å². The Morgan fingerprint density at radius 1 is 1.05 bits per heavy atom. The molecule has 2 amide bonds. The number of halogens is 1. The number of rotatable bonds is 8. The number of carbonyl (C=O) groups is 2. The molecule has 4 nitrogen and oxygen atoms in total. The first-order valence-electron chi connectivity index (χ1n) is 7.35. The summed E-state index contributed by atoms with van der Waals surface area (Å²) in [5.41, 5.74) is 0.915. The highest BCUT2D eigenvalue weighted by Crippen LogP contribution is 2.09. The maximum Gasteiger partial charge on any atom is 0.224 e. The van der Waals surface area contributed by atoms with Crippen LogP contribution in [-0.2, 0) is 16.0 Å². The van der Waals surface area contributed by atoms with Crippen LogP contribution in [0.2, 0.25) is 5.02 Å². The highest BCUT2D eigenvalue weighted by Gasteiger charge is 2.12. The zero-order valence-corrected chi connectivity index (χ0v) is 13.4. The van der Waals surface area contributed by atoms with Gasteiger partial charge in [0.05, 0.1) is 6.42 Å². The Balaban J connectivity index is 2.22. The molecule has 1 aromatic rings. The van der Waals surface area contributed by atoms with Crippen molar-refractivity contribution >= 4 is 23.4 Å². The van der Waals surface area contributed by atoms with E-state index in [9.17, 15) is 9.59 Å². The molecule has 0 radical (unpaired) electrons. The van der Waals surface area contributed by atoms with Gasteiger partial charge in [-0.3, -0.25) is 9.59 Å². The summed E-state index contributed by atoms with van der Waals surface area (Å²) >= 11 is 5.79. The Labute approximate surface area is 131 Å². The van der Waals surface area contributed by atoms with E-state index in [2.05, 4.69) is 10.6 Å². The highest BCUT2D eigenvalue weighted by atomic mass is 35.5. The largest absolute Gasteiger partial charge is 0.354 e. The van der Waals surface area contributed by atoms with Crippen molar-refractivity contribution in [3.63, 3.8) is 0 Å². The molecule has 1 aromatic carbocycles. The van der Waals surface area contributed by atoms with Crippen LogP contribution in [0, 0.1) is 5.92 Å². The van der Waals surface area contributed by atoms with Crippen LogP contribution in [0.1, 0.15) is 32.3 Å². The lowest BCUT2D eigenvalue weighted by Gasteiger charge is -2.13. The van der Waals surface area contributed by atoms with Crippen molar-refractivity contribution in [3.05, 3.63) is 34.9 Å². The smallest absolute Gasteiger partial charge is 0.224 e. The molecular formula is C16H23ClN2O2. The number of nitrogens with one attached hydrogen (secondary N) is 2. The summed E-state index contributed by atoms with van der Waals surface area (Å²) in [4.78, 5) is 23.5. The van der Waals surface area contributed by atoms with Crippen LogP contribution in [0.4, 0.5) is 0 Å². The highest BCUT2D eigenvalue weighted by molar-refractivity contribution is 6.30. The summed E-state index contributed by atoms with van der Waals surface area (Å²) in [6, 6.07) is 7.19. The quantitative estimate of drug-likeness (QED) is 0.725. The summed E-state index contributed by atoms with van der Waals surface area (Å²) in [5.74, 6) is 0.0656. The van der Waals surface area contributed by atoms with Crippen molar-refractivity contribution < 1.29 is 9.59 Å². The van der Waals surface area contributed by atoms with E-state index < -0.39 is 0 Å². The Morgan fingerprint density at radius 3 is 2.19 bits per heavy atom. The predicted octanol–water partition coefficient (Wildman–Crippen LogP) is 2.55.